The van der Waals surface area contributed by atoms with Crippen LogP contribution in [-0.2, 0) is 4.79 Å². The van der Waals surface area contributed by atoms with E-state index in [2.05, 4.69) is 5.32 Å². The maximum atomic E-state index is 11.8. The van der Waals surface area contributed by atoms with E-state index in [1.165, 1.54) is 6.08 Å². The monoisotopic (exact) mass is 326 g/mol. The summed E-state index contributed by atoms with van der Waals surface area (Å²) in [7, 11) is 0. The van der Waals surface area contributed by atoms with Crippen LogP contribution in [0.2, 0.25) is 10.0 Å². The van der Waals surface area contributed by atoms with Gasteiger partial charge >= 0.3 is 0 Å². The van der Waals surface area contributed by atoms with Crippen LogP contribution in [0.15, 0.2) is 17.7 Å². The van der Waals surface area contributed by atoms with Gasteiger partial charge in [-0.3, -0.25) is 4.79 Å². The molecular formula is C15H16Cl2N2O2. The third kappa shape index (κ3) is 4.96. The first-order chi connectivity index (χ1) is 9.88. The molecule has 1 rings (SSSR count). The van der Waals surface area contributed by atoms with E-state index < -0.39 is 5.91 Å². The first-order valence-corrected chi connectivity index (χ1v) is 7.19. The third-order valence-corrected chi connectivity index (χ3v) is 2.97. The van der Waals surface area contributed by atoms with Gasteiger partial charge in [0.1, 0.15) is 11.6 Å². The average Bonchev–Trinajstić information content (AvgIpc) is 2.39. The van der Waals surface area contributed by atoms with E-state index in [4.69, 9.17) is 33.2 Å². The van der Waals surface area contributed by atoms with Gasteiger partial charge in [0.25, 0.3) is 5.91 Å². The molecule has 1 amide bonds. The average molecular weight is 327 g/mol. The van der Waals surface area contributed by atoms with Crippen molar-refractivity contribution in [2.75, 3.05) is 6.61 Å². The zero-order chi connectivity index (χ0) is 16.0. The molecule has 21 heavy (non-hydrogen) atoms. The molecule has 1 N–H and O–H groups in total. The molecule has 0 aliphatic carbocycles. The molecule has 0 spiro atoms. The van der Waals surface area contributed by atoms with Gasteiger partial charge in [-0.25, -0.2) is 0 Å². The number of benzene rings is 1. The van der Waals surface area contributed by atoms with Crippen LogP contribution in [0.25, 0.3) is 6.08 Å². The van der Waals surface area contributed by atoms with Gasteiger partial charge in [0.2, 0.25) is 0 Å². The van der Waals surface area contributed by atoms with Gasteiger partial charge in [0.05, 0.1) is 16.7 Å². The van der Waals surface area contributed by atoms with Gasteiger partial charge in [-0.2, -0.15) is 5.26 Å². The van der Waals surface area contributed by atoms with E-state index in [9.17, 15) is 4.79 Å². The highest BCUT2D eigenvalue weighted by atomic mass is 35.5. The van der Waals surface area contributed by atoms with Crippen LogP contribution < -0.4 is 10.1 Å². The predicted molar refractivity (Wildman–Crippen MR) is 84.5 cm³/mol. The lowest BCUT2D eigenvalue weighted by Crippen LogP contribution is -2.30. The molecule has 0 radical (unpaired) electrons. The second kappa shape index (κ2) is 7.92. The van der Waals surface area contributed by atoms with Gasteiger partial charge in [-0.15, -0.1) is 0 Å². The van der Waals surface area contributed by atoms with Gasteiger partial charge in [-0.1, -0.05) is 23.2 Å². The number of amides is 1. The molecule has 0 saturated carbocycles. The van der Waals surface area contributed by atoms with Crippen molar-refractivity contribution < 1.29 is 9.53 Å². The first-order valence-electron chi connectivity index (χ1n) is 6.43. The van der Waals surface area contributed by atoms with E-state index in [0.717, 1.165) is 0 Å². The van der Waals surface area contributed by atoms with E-state index in [-0.39, 0.29) is 11.6 Å². The zero-order valence-corrected chi connectivity index (χ0v) is 13.5. The molecule has 0 bridgehead atoms. The molecule has 0 saturated heterocycles. The number of carbonyl (C=O) groups is 1. The Bertz CT molecular complexity index is 581. The summed E-state index contributed by atoms with van der Waals surface area (Å²) in [5, 5.41) is 12.4. The minimum Gasteiger partial charge on any atom is -0.491 e. The number of hydrogen-bond acceptors (Lipinski definition) is 3. The number of carbonyl (C=O) groups excluding carboxylic acids is 1. The third-order valence-electron chi connectivity index (χ3n) is 2.41. The van der Waals surface area contributed by atoms with E-state index in [0.29, 0.717) is 28.0 Å². The molecule has 0 aliphatic rings. The Morgan fingerprint density at radius 2 is 2.00 bits per heavy atom. The highest BCUT2D eigenvalue weighted by molar-refractivity contribution is 6.37. The number of nitriles is 1. The minimum atomic E-state index is -0.436. The quantitative estimate of drug-likeness (QED) is 0.660. The maximum Gasteiger partial charge on any atom is 0.262 e. The van der Waals surface area contributed by atoms with Gasteiger partial charge in [0, 0.05) is 6.04 Å². The van der Waals surface area contributed by atoms with Gasteiger partial charge < -0.3 is 10.1 Å². The molecule has 0 atom stereocenters. The normalized spacial score (nSPS) is 11.2. The fraction of sp³-hybridized carbons (Fsp3) is 0.333. The number of nitrogens with zero attached hydrogens (tertiary/aromatic N) is 1. The number of hydrogen-bond donors (Lipinski definition) is 1. The zero-order valence-electron chi connectivity index (χ0n) is 12.0. The Balaban J connectivity index is 3.13. The standard InChI is InChI=1S/C15H16Cl2N2O2/c1-4-21-14-12(16)6-10(7-13(14)17)5-11(8-18)15(20)19-9(2)3/h5-7,9H,4H2,1-3H3,(H,19,20)/b11-5+. The summed E-state index contributed by atoms with van der Waals surface area (Å²) in [5.41, 5.74) is 0.545. The molecular weight excluding hydrogens is 311 g/mol. The van der Waals surface area contributed by atoms with Gasteiger partial charge in [-0.05, 0) is 44.5 Å². The molecule has 0 fully saturated rings. The largest absolute Gasteiger partial charge is 0.491 e. The second-order valence-electron chi connectivity index (χ2n) is 4.54. The Labute approximate surface area is 134 Å². The highest BCUT2D eigenvalue weighted by Gasteiger charge is 2.12. The molecule has 0 aliphatic heterocycles. The summed E-state index contributed by atoms with van der Waals surface area (Å²) >= 11 is 12.2. The van der Waals surface area contributed by atoms with Crippen molar-refractivity contribution in [3.8, 4) is 11.8 Å². The van der Waals surface area contributed by atoms with Crippen LogP contribution in [0.4, 0.5) is 0 Å². The van der Waals surface area contributed by atoms with Crippen LogP contribution in [0, 0.1) is 11.3 Å². The summed E-state index contributed by atoms with van der Waals surface area (Å²) in [4.78, 5) is 11.8. The number of nitrogens with one attached hydrogen (secondary N) is 1. The van der Waals surface area contributed by atoms with Gasteiger partial charge in [0.15, 0.2) is 5.75 Å². The second-order valence-corrected chi connectivity index (χ2v) is 5.36. The summed E-state index contributed by atoms with van der Waals surface area (Å²) < 4.78 is 5.32. The fourth-order valence-corrected chi connectivity index (χ4v) is 2.21. The lowest BCUT2D eigenvalue weighted by atomic mass is 10.1. The molecule has 1 aromatic carbocycles. The van der Waals surface area contributed by atoms with Crippen molar-refractivity contribution in [1.29, 1.82) is 5.26 Å². The topological polar surface area (TPSA) is 62.1 Å². The molecule has 0 heterocycles. The smallest absolute Gasteiger partial charge is 0.262 e. The van der Waals surface area contributed by atoms with Crippen LogP contribution in [0.3, 0.4) is 0 Å². The predicted octanol–water partition coefficient (Wildman–Crippen LogP) is 3.82. The van der Waals surface area contributed by atoms with Crippen molar-refractivity contribution in [2.24, 2.45) is 0 Å². The molecule has 112 valence electrons. The molecule has 4 nitrogen and oxygen atoms in total. The summed E-state index contributed by atoms with van der Waals surface area (Å²) in [6, 6.07) is 5.00. The lowest BCUT2D eigenvalue weighted by molar-refractivity contribution is -0.117. The molecule has 1 aromatic rings. The Morgan fingerprint density at radius 1 is 1.43 bits per heavy atom. The van der Waals surface area contributed by atoms with E-state index >= 15 is 0 Å². The number of ether oxygens (including phenoxy) is 1. The summed E-state index contributed by atoms with van der Waals surface area (Å²) in [6.07, 6.45) is 1.44. The minimum absolute atomic E-state index is 0.0139. The van der Waals surface area contributed by atoms with Crippen LogP contribution in [0.1, 0.15) is 26.3 Å². The van der Waals surface area contributed by atoms with Crippen molar-refractivity contribution in [3.05, 3.63) is 33.3 Å². The first kappa shape index (κ1) is 17.4. The molecule has 0 aromatic heterocycles. The SMILES string of the molecule is CCOc1c(Cl)cc(/C=C(\C#N)C(=O)NC(C)C)cc1Cl. The molecule has 6 heteroatoms. The van der Waals surface area contributed by atoms with Crippen LogP contribution >= 0.6 is 23.2 Å². The summed E-state index contributed by atoms with van der Waals surface area (Å²) in [6.45, 7) is 5.90. The molecule has 0 unspecified atom stereocenters. The number of halogens is 2. The highest BCUT2D eigenvalue weighted by Crippen LogP contribution is 2.34. The fourth-order valence-electron chi connectivity index (χ4n) is 1.60. The maximum absolute atomic E-state index is 11.8. The van der Waals surface area contributed by atoms with Crippen LogP contribution in [0.5, 0.6) is 5.75 Å². The Hall–Kier alpha value is -1.70. The van der Waals surface area contributed by atoms with Crippen LogP contribution in [-0.4, -0.2) is 18.6 Å². The van der Waals surface area contributed by atoms with Crippen molar-refractivity contribution in [3.63, 3.8) is 0 Å². The lowest BCUT2D eigenvalue weighted by Gasteiger charge is -2.10. The Morgan fingerprint density at radius 3 is 2.43 bits per heavy atom. The van der Waals surface area contributed by atoms with Crippen molar-refractivity contribution in [1.82, 2.24) is 5.32 Å². The summed E-state index contributed by atoms with van der Waals surface area (Å²) in [5.74, 6) is -0.0447. The number of rotatable bonds is 5. The van der Waals surface area contributed by atoms with Crippen molar-refractivity contribution >= 4 is 35.2 Å². The van der Waals surface area contributed by atoms with E-state index in [1.807, 2.05) is 26.8 Å². The Kier molecular flexibility index (Phi) is 6.54. The van der Waals surface area contributed by atoms with Crippen molar-refractivity contribution in [2.45, 2.75) is 26.8 Å². The van der Waals surface area contributed by atoms with E-state index in [1.54, 1.807) is 12.1 Å².